The van der Waals surface area contributed by atoms with Crippen molar-refractivity contribution < 1.29 is 14.6 Å². The highest BCUT2D eigenvalue weighted by molar-refractivity contribution is 5.76. The SMILES string of the molecule is Cc1ccc(CNCC2(C(=O)O)COC2)c(C)c1C. The largest absolute Gasteiger partial charge is 0.481 e. The zero-order valence-corrected chi connectivity index (χ0v) is 11.7. The first-order valence-electron chi connectivity index (χ1n) is 6.54. The molecule has 0 aliphatic carbocycles. The van der Waals surface area contributed by atoms with Crippen LogP contribution in [0.15, 0.2) is 12.1 Å². The van der Waals surface area contributed by atoms with Crippen LogP contribution in [0.1, 0.15) is 22.3 Å². The molecule has 1 saturated heterocycles. The summed E-state index contributed by atoms with van der Waals surface area (Å²) in [5.41, 5.74) is 4.37. The van der Waals surface area contributed by atoms with Gasteiger partial charge in [-0.15, -0.1) is 0 Å². The molecular formula is C15H21NO3. The van der Waals surface area contributed by atoms with Crippen molar-refractivity contribution in [3.8, 4) is 0 Å². The van der Waals surface area contributed by atoms with Gasteiger partial charge in [0, 0.05) is 13.1 Å². The van der Waals surface area contributed by atoms with Crippen LogP contribution in [0.5, 0.6) is 0 Å². The van der Waals surface area contributed by atoms with Crippen LogP contribution < -0.4 is 5.32 Å². The van der Waals surface area contributed by atoms with Gasteiger partial charge in [-0.3, -0.25) is 4.79 Å². The van der Waals surface area contributed by atoms with Gasteiger partial charge < -0.3 is 15.2 Å². The second-order valence-electron chi connectivity index (χ2n) is 5.47. The van der Waals surface area contributed by atoms with Crippen molar-refractivity contribution in [1.29, 1.82) is 0 Å². The maximum Gasteiger partial charge on any atom is 0.315 e. The van der Waals surface area contributed by atoms with E-state index in [1.165, 1.54) is 22.3 Å². The van der Waals surface area contributed by atoms with Crippen molar-refractivity contribution in [3.05, 3.63) is 34.4 Å². The van der Waals surface area contributed by atoms with E-state index in [1.54, 1.807) is 0 Å². The smallest absolute Gasteiger partial charge is 0.315 e. The van der Waals surface area contributed by atoms with Crippen LogP contribution in [0.2, 0.25) is 0 Å². The third-order valence-corrected chi connectivity index (χ3v) is 4.16. The lowest BCUT2D eigenvalue weighted by Crippen LogP contribution is -2.55. The van der Waals surface area contributed by atoms with E-state index in [1.807, 2.05) is 0 Å². The molecule has 2 N–H and O–H groups in total. The number of hydrogen-bond acceptors (Lipinski definition) is 3. The molecule has 0 atom stereocenters. The topological polar surface area (TPSA) is 58.6 Å². The highest BCUT2D eigenvalue weighted by Gasteiger charge is 2.45. The van der Waals surface area contributed by atoms with Crippen LogP contribution in [-0.4, -0.2) is 30.8 Å². The van der Waals surface area contributed by atoms with Gasteiger partial charge in [-0.05, 0) is 43.0 Å². The van der Waals surface area contributed by atoms with E-state index in [2.05, 4.69) is 38.2 Å². The zero-order chi connectivity index (χ0) is 14.0. The highest BCUT2D eigenvalue weighted by Crippen LogP contribution is 2.27. The number of carbonyl (C=O) groups is 1. The molecule has 104 valence electrons. The second-order valence-corrected chi connectivity index (χ2v) is 5.47. The Morgan fingerprint density at radius 3 is 2.53 bits per heavy atom. The van der Waals surface area contributed by atoms with Gasteiger partial charge in [-0.1, -0.05) is 12.1 Å². The van der Waals surface area contributed by atoms with Crippen molar-refractivity contribution in [1.82, 2.24) is 5.32 Å². The summed E-state index contributed by atoms with van der Waals surface area (Å²) < 4.78 is 5.04. The molecule has 1 heterocycles. The van der Waals surface area contributed by atoms with Crippen LogP contribution in [0.3, 0.4) is 0 Å². The molecule has 1 fully saturated rings. The minimum absolute atomic E-state index is 0.307. The summed E-state index contributed by atoms with van der Waals surface area (Å²) in [7, 11) is 0. The number of nitrogens with one attached hydrogen (secondary N) is 1. The molecule has 0 saturated carbocycles. The average molecular weight is 263 g/mol. The number of carboxylic acids is 1. The summed E-state index contributed by atoms with van der Waals surface area (Å²) in [6.07, 6.45) is 0. The fourth-order valence-corrected chi connectivity index (χ4v) is 2.29. The molecule has 4 nitrogen and oxygen atoms in total. The molecule has 19 heavy (non-hydrogen) atoms. The van der Waals surface area contributed by atoms with E-state index in [0.717, 1.165) is 0 Å². The van der Waals surface area contributed by atoms with Gasteiger partial charge in [0.05, 0.1) is 13.2 Å². The average Bonchev–Trinajstić information content (AvgIpc) is 2.31. The number of rotatable bonds is 5. The van der Waals surface area contributed by atoms with Crippen LogP contribution in [0.4, 0.5) is 0 Å². The Morgan fingerprint density at radius 1 is 1.32 bits per heavy atom. The number of hydrogen-bond donors (Lipinski definition) is 2. The monoisotopic (exact) mass is 263 g/mol. The Bertz CT molecular complexity index is 492. The number of aryl methyl sites for hydroxylation is 1. The zero-order valence-electron chi connectivity index (χ0n) is 11.7. The Kier molecular flexibility index (Phi) is 3.92. The predicted molar refractivity (Wildman–Crippen MR) is 73.2 cm³/mol. The fourth-order valence-electron chi connectivity index (χ4n) is 2.29. The van der Waals surface area contributed by atoms with E-state index < -0.39 is 11.4 Å². The highest BCUT2D eigenvalue weighted by atomic mass is 16.5. The third kappa shape index (κ3) is 2.65. The lowest BCUT2D eigenvalue weighted by Gasteiger charge is -2.37. The minimum Gasteiger partial charge on any atom is -0.481 e. The summed E-state index contributed by atoms with van der Waals surface area (Å²) >= 11 is 0. The number of carboxylic acid groups (broad SMARTS) is 1. The molecule has 1 aliphatic rings. The van der Waals surface area contributed by atoms with Crippen molar-refractivity contribution >= 4 is 5.97 Å². The molecule has 0 unspecified atom stereocenters. The van der Waals surface area contributed by atoms with Crippen molar-refractivity contribution in [2.75, 3.05) is 19.8 Å². The van der Waals surface area contributed by atoms with E-state index in [0.29, 0.717) is 26.3 Å². The predicted octanol–water partition coefficient (Wildman–Crippen LogP) is 1.80. The van der Waals surface area contributed by atoms with E-state index in [-0.39, 0.29) is 0 Å². The summed E-state index contributed by atoms with van der Waals surface area (Å²) in [4.78, 5) is 11.2. The van der Waals surface area contributed by atoms with Crippen molar-refractivity contribution in [3.63, 3.8) is 0 Å². The Balaban J connectivity index is 1.96. The lowest BCUT2D eigenvalue weighted by atomic mass is 9.86. The standard InChI is InChI=1S/C15H21NO3/c1-10-4-5-13(12(3)11(10)2)6-16-7-15(14(17)18)8-19-9-15/h4-5,16H,6-9H2,1-3H3,(H,17,18). The van der Waals surface area contributed by atoms with E-state index in [4.69, 9.17) is 4.74 Å². The first kappa shape index (κ1) is 14.0. The molecule has 2 rings (SSSR count). The molecule has 4 heteroatoms. The molecule has 1 aliphatic heterocycles. The van der Waals surface area contributed by atoms with E-state index >= 15 is 0 Å². The van der Waals surface area contributed by atoms with Gasteiger partial charge in [0.25, 0.3) is 0 Å². The van der Waals surface area contributed by atoms with Crippen LogP contribution in [0, 0.1) is 26.2 Å². The summed E-state index contributed by atoms with van der Waals surface area (Å²) in [6.45, 7) is 8.09. The van der Waals surface area contributed by atoms with E-state index in [9.17, 15) is 9.90 Å². The lowest BCUT2D eigenvalue weighted by molar-refractivity contribution is -0.178. The van der Waals surface area contributed by atoms with Gasteiger partial charge in [0.15, 0.2) is 0 Å². The van der Waals surface area contributed by atoms with Gasteiger partial charge >= 0.3 is 5.97 Å². The minimum atomic E-state index is -0.775. The number of aliphatic carboxylic acids is 1. The van der Waals surface area contributed by atoms with Gasteiger partial charge in [-0.25, -0.2) is 0 Å². The Hall–Kier alpha value is -1.39. The molecule has 1 aromatic carbocycles. The fraction of sp³-hybridized carbons (Fsp3) is 0.533. The molecule has 0 bridgehead atoms. The first-order valence-corrected chi connectivity index (χ1v) is 6.54. The van der Waals surface area contributed by atoms with Gasteiger partial charge in [0.1, 0.15) is 5.41 Å². The third-order valence-electron chi connectivity index (χ3n) is 4.16. The maximum absolute atomic E-state index is 11.2. The first-order chi connectivity index (χ1) is 8.96. The van der Waals surface area contributed by atoms with Crippen molar-refractivity contribution in [2.45, 2.75) is 27.3 Å². The second kappa shape index (κ2) is 5.31. The van der Waals surface area contributed by atoms with Gasteiger partial charge in [0.2, 0.25) is 0 Å². The summed E-state index contributed by atoms with van der Waals surface area (Å²) in [6, 6.07) is 4.22. The normalized spacial score (nSPS) is 17.0. The number of ether oxygens (including phenoxy) is 1. The Labute approximate surface area is 113 Å². The molecule has 0 spiro atoms. The Morgan fingerprint density at radius 2 is 2.00 bits per heavy atom. The van der Waals surface area contributed by atoms with Crippen LogP contribution in [0.25, 0.3) is 0 Å². The quantitative estimate of drug-likeness (QED) is 0.850. The molecular weight excluding hydrogens is 242 g/mol. The van der Waals surface area contributed by atoms with Crippen LogP contribution in [-0.2, 0) is 16.1 Å². The molecule has 0 amide bonds. The maximum atomic E-state index is 11.2. The summed E-state index contributed by atoms with van der Waals surface area (Å²) in [5.74, 6) is -0.775. The molecule has 1 aromatic rings. The molecule has 0 aromatic heterocycles. The summed E-state index contributed by atoms with van der Waals surface area (Å²) in [5, 5.41) is 12.4. The number of benzene rings is 1. The van der Waals surface area contributed by atoms with Gasteiger partial charge in [-0.2, -0.15) is 0 Å². The van der Waals surface area contributed by atoms with Crippen LogP contribution >= 0.6 is 0 Å². The molecule has 0 radical (unpaired) electrons. The van der Waals surface area contributed by atoms with Crippen molar-refractivity contribution in [2.24, 2.45) is 5.41 Å².